The monoisotopic (exact) mass is 202 g/mol. The number of Topliss-reactive ketones (excluding diaryl/α,β-unsaturated/α-hetero) is 1. The van der Waals surface area contributed by atoms with Crippen molar-refractivity contribution in [3.05, 3.63) is 48.0 Å². The Kier molecular flexibility index (Phi) is 2.69. The van der Waals surface area contributed by atoms with Gasteiger partial charge in [-0.15, -0.1) is 6.58 Å². The molecule has 1 aliphatic carbocycles. The molecule has 0 heterocycles. The highest BCUT2D eigenvalue weighted by Gasteiger charge is 2.34. The van der Waals surface area contributed by atoms with E-state index in [-0.39, 0.29) is 17.8 Å². The van der Waals surface area contributed by atoms with Gasteiger partial charge in [0, 0.05) is 0 Å². The Morgan fingerprint density at radius 3 is 2.93 bits per heavy atom. The lowest BCUT2D eigenvalue weighted by Gasteiger charge is -2.18. The van der Waals surface area contributed by atoms with Crippen molar-refractivity contribution in [2.45, 2.75) is 18.9 Å². The SMILES string of the molecule is C=CCOC1c2cccc(c2)C1C(C)=O. The number of hydrogen-bond acceptors (Lipinski definition) is 2. The molecule has 1 aliphatic rings. The lowest BCUT2D eigenvalue weighted by Crippen LogP contribution is -2.15. The summed E-state index contributed by atoms with van der Waals surface area (Å²) >= 11 is 0. The highest BCUT2D eigenvalue weighted by Crippen LogP contribution is 2.41. The Bertz CT molecular complexity index is 395. The summed E-state index contributed by atoms with van der Waals surface area (Å²) in [7, 11) is 0. The number of fused-ring (bicyclic) bond motifs is 2. The van der Waals surface area contributed by atoms with Crippen LogP contribution in [0, 0.1) is 0 Å². The van der Waals surface area contributed by atoms with E-state index in [4.69, 9.17) is 4.74 Å². The van der Waals surface area contributed by atoms with Crippen molar-refractivity contribution in [3.8, 4) is 0 Å². The molecule has 2 nitrogen and oxygen atoms in total. The molecular formula is C13H14O2. The summed E-state index contributed by atoms with van der Waals surface area (Å²) < 4.78 is 5.64. The van der Waals surface area contributed by atoms with E-state index in [0.717, 1.165) is 11.1 Å². The Hall–Kier alpha value is -1.41. The Morgan fingerprint density at radius 1 is 1.53 bits per heavy atom. The van der Waals surface area contributed by atoms with Gasteiger partial charge in [-0.3, -0.25) is 4.79 Å². The van der Waals surface area contributed by atoms with E-state index < -0.39 is 0 Å². The van der Waals surface area contributed by atoms with Crippen molar-refractivity contribution in [2.75, 3.05) is 6.61 Å². The summed E-state index contributed by atoms with van der Waals surface area (Å²) in [4.78, 5) is 11.6. The minimum atomic E-state index is -0.130. The van der Waals surface area contributed by atoms with E-state index >= 15 is 0 Å². The second kappa shape index (κ2) is 3.99. The van der Waals surface area contributed by atoms with Crippen LogP contribution in [0.25, 0.3) is 0 Å². The molecule has 0 radical (unpaired) electrons. The van der Waals surface area contributed by atoms with Crippen LogP contribution in [-0.4, -0.2) is 12.4 Å². The highest BCUT2D eigenvalue weighted by atomic mass is 16.5. The molecule has 0 spiro atoms. The number of carbonyl (C=O) groups excluding carboxylic acids is 1. The molecule has 1 aromatic rings. The van der Waals surface area contributed by atoms with Crippen LogP contribution < -0.4 is 0 Å². The van der Waals surface area contributed by atoms with Crippen molar-refractivity contribution in [3.63, 3.8) is 0 Å². The van der Waals surface area contributed by atoms with Gasteiger partial charge in [0.2, 0.25) is 0 Å². The quantitative estimate of drug-likeness (QED) is 0.701. The predicted molar refractivity (Wildman–Crippen MR) is 58.8 cm³/mol. The van der Waals surface area contributed by atoms with Gasteiger partial charge in [0.15, 0.2) is 0 Å². The molecule has 0 amide bonds. The van der Waals surface area contributed by atoms with Gasteiger partial charge in [-0.05, 0) is 18.1 Å². The highest BCUT2D eigenvalue weighted by molar-refractivity contribution is 5.85. The van der Waals surface area contributed by atoms with E-state index in [1.54, 1.807) is 13.0 Å². The summed E-state index contributed by atoms with van der Waals surface area (Å²) in [5.74, 6) is 0.0280. The summed E-state index contributed by atoms with van der Waals surface area (Å²) in [5.41, 5.74) is 2.16. The average Bonchev–Trinajstić information content (AvgIpc) is 2.47. The molecule has 0 aliphatic heterocycles. The van der Waals surface area contributed by atoms with Gasteiger partial charge >= 0.3 is 0 Å². The molecule has 2 bridgehead atoms. The smallest absolute Gasteiger partial charge is 0.140 e. The molecule has 0 fully saturated rings. The van der Waals surface area contributed by atoms with Crippen molar-refractivity contribution in [2.24, 2.45) is 0 Å². The van der Waals surface area contributed by atoms with Crippen LogP contribution >= 0.6 is 0 Å². The molecule has 0 N–H and O–H groups in total. The second-order valence-electron chi connectivity index (χ2n) is 3.80. The molecule has 2 unspecified atom stereocenters. The Labute approximate surface area is 89.6 Å². The minimum absolute atomic E-state index is 0.120. The predicted octanol–water partition coefficient (Wildman–Crippen LogP) is 2.62. The van der Waals surface area contributed by atoms with Gasteiger partial charge in [-0.25, -0.2) is 0 Å². The Morgan fingerprint density at radius 2 is 2.27 bits per heavy atom. The fourth-order valence-corrected chi connectivity index (χ4v) is 2.11. The van der Waals surface area contributed by atoms with Crippen LogP contribution in [0.3, 0.4) is 0 Å². The van der Waals surface area contributed by atoms with Gasteiger partial charge in [0.25, 0.3) is 0 Å². The zero-order valence-corrected chi connectivity index (χ0v) is 8.77. The first-order valence-corrected chi connectivity index (χ1v) is 5.07. The summed E-state index contributed by atoms with van der Waals surface area (Å²) in [6.07, 6.45) is 1.59. The standard InChI is InChI=1S/C13H14O2/c1-3-7-15-13-11-6-4-5-10(8-11)12(13)9(2)14/h3-6,8,12-13H,1,7H2,2H3. The summed E-state index contributed by atoms with van der Waals surface area (Å²) in [6, 6.07) is 7.99. The molecule has 0 saturated heterocycles. The average molecular weight is 202 g/mol. The first-order chi connectivity index (χ1) is 7.24. The number of ketones is 1. The first-order valence-electron chi connectivity index (χ1n) is 5.07. The molecule has 0 aromatic heterocycles. The van der Waals surface area contributed by atoms with Gasteiger partial charge in [0.1, 0.15) is 5.78 Å². The number of hydrogen-bond donors (Lipinski definition) is 0. The summed E-state index contributed by atoms with van der Waals surface area (Å²) in [5, 5.41) is 0. The van der Waals surface area contributed by atoms with E-state index in [9.17, 15) is 4.79 Å². The van der Waals surface area contributed by atoms with E-state index in [2.05, 4.69) is 6.58 Å². The number of ether oxygens (including phenoxy) is 1. The van der Waals surface area contributed by atoms with Gasteiger partial charge < -0.3 is 4.74 Å². The third-order valence-corrected chi connectivity index (χ3v) is 2.73. The zero-order valence-electron chi connectivity index (χ0n) is 8.77. The summed E-state index contributed by atoms with van der Waals surface area (Å²) in [6.45, 7) is 5.71. The molecule has 2 atom stereocenters. The van der Waals surface area contributed by atoms with Gasteiger partial charge in [0.05, 0.1) is 18.6 Å². The van der Waals surface area contributed by atoms with Gasteiger partial charge in [-0.1, -0.05) is 30.3 Å². The largest absolute Gasteiger partial charge is 0.368 e. The van der Waals surface area contributed by atoms with Crippen molar-refractivity contribution in [1.29, 1.82) is 0 Å². The van der Waals surface area contributed by atoms with Crippen LogP contribution in [0.5, 0.6) is 0 Å². The van der Waals surface area contributed by atoms with E-state index in [1.807, 2.05) is 24.3 Å². The Balaban J connectivity index is 2.27. The fraction of sp³-hybridized carbons (Fsp3) is 0.308. The molecule has 0 saturated carbocycles. The third-order valence-electron chi connectivity index (χ3n) is 2.73. The minimum Gasteiger partial charge on any atom is -0.368 e. The van der Waals surface area contributed by atoms with Gasteiger partial charge in [-0.2, -0.15) is 0 Å². The van der Waals surface area contributed by atoms with E-state index in [1.165, 1.54) is 0 Å². The van der Waals surface area contributed by atoms with Crippen molar-refractivity contribution in [1.82, 2.24) is 0 Å². The third kappa shape index (κ3) is 1.73. The maximum Gasteiger partial charge on any atom is 0.140 e. The van der Waals surface area contributed by atoms with Crippen LogP contribution in [0.1, 0.15) is 30.1 Å². The normalized spacial score (nSPS) is 22.7. The number of benzene rings is 1. The lowest BCUT2D eigenvalue weighted by atomic mass is 9.96. The second-order valence-corrected chi connectivity index (χ2v) is 3.80. The molecule has 15 heavy (non-hydrogen) atoms. The molecule has 1 aromatic carbocycles. The topological polar surface area (TPSA) is 26.3 Å². The number of carbonyl (C=O) groups is 1. The number of rotatable bonds is 4. The van der Waals surface area contributed by atoms with Crippen LogP contribution in [0.4, 0.5) is 0 Å². The van der Waals surface area contributed by atoms with E-state index in [0.29, 0.717) is 6.61 Å². The molecular weight excluding hydrogens is 188 g/mol. The first kappa shape index (κ1) is 10.1. The molecule has 2 heteroatoms. The lowest BCUT2D eigenvalue weighted by molar-refractivity contribution is -0.121. The van der Waals surface area contributed by atoms with Crippen LogP contribution in [0.2, 0.25) is 0 Å². The molecule has 78 valence electrons. The fourth-order valence-electron chi connectivity index (χ4n) is 2.11. The molecule has 2 rings (SSSR count). The maximum absolute atomic E-state index is 11.6. The maximum atomic E-state index is 11.6. The van der Waals surface area contributed by atoms with Crippen molar-refractivity contribution >= 4 is 5.78 Å². The zero-order chi connectivity index (χ0) is 10.8. The van der Waals surface area contributed by atoms with Crippen LogP contribution in [0.15, 0.2) is 36.9 Å². The van der Waals surface area contributed by atoms with Crippen LogP contribution in [-0.2, 0) is 9.53 Å². The van der Waals surface area contributed by atoms with Crippen molar-refractivity contribution < 1.29 is 9.53 Å².